The maximum absolute atomic E-state index is 12.4. The highest BCUT2D eigenvalue weighted by Gasteiger charge is 2.46. The average molecular weight is 272 g/mol. The lowest BCUT2D eigenvalue weighted by molar-refractivity contribution is -0.150. The molecular formula is C16H20N2O2. The second-order valence-electron chi connectivity index (χ2n) is 5.97. The summed E-state index contributed by atoms with van der Waals surface area (Å²) in [7, 11) is 0. The van der Waals surface area contributed by atoms with Crippen LogP contribution in [-0.4, -0.2) is 28.8 Å². The predicted octanol–water partition coefficient (Wildman–Crippen LogP) is 1.62. The Morgan fingerprint density at radius 2 is 2.05 bits per heavy atom. The molecule has 1 saturated carbocycles. The van der Waals surface area contributed by atoms with Crippen molar-refractivity contribution in [2.45, 2.75) is 45.3 Å². The van der Waals surface area contributed by atoms with Gasteiger partial charge in [-0.1, -0.05) is 29.8 Å². The molecule has 2 fully saturated rings. The van der Waals surface area contributed by atoms with Crippen LogP contribution in [0.4, 0.5) is 0 Å². The van der Waals surface area contributed by atoms with Gasteiger partial charge in [-0.15, -0.1) is 0 Å². The van der Waals surface area contributed by atoms with Crippen molar-refractivity contribution in [1.82, 2.24) is 10.2 Å². The Balaban J connectivity index is 1.86. The zero-order valence-corrected chi connectivity index (χ0v) is 11.9. The first-order valence-electron chi connectivity index (χ1n) is 7.22. The Morgan fingerprint density at radius 3 is 2.70 bits per heavy atom. The normalized spacial score (nSPS) is 26.6. The van der Waals surface area contributed by atoms with Crippen molar-refractivity contribution in [3.05, 3.63) is 35.4 Å². The summed E-state index contributed by atoms with van der Waals surface area (Å²) in [6.45, 7) is 4.32. The fourth-order valence-corrected chi connectivity index (χ4v) is 2.95. The molecule has 3 rings (SSSR count). The molecule has 4 heteroatoms. The lowest BCUT2D eigenvalue weighted by Crippen LogP contribution is -2.62. The molecule has 0 bridgehead atoms. The van der Waals surface area contributed by atoms with E-state index in [4.69, 9.17) is 0 Å². The molecule has 0 radical (unpaired) electrons. The van der Waals surface area contributed by atoms with Crippen molar-refractivity contribution in [2.75, 3.05) is 0 Å². The first-order valence-corrected chi connectivity index (χ1v) is 7.22. The number of nitrogens with zero attached hydrogens (tertiary/aromatic N) is 1. The van der Waals surface area contributed by atoms with Crippen molar-refractivity contribution < 1.29 is 9.59 Å². The van der Waals surface area contributed by atoms with Crippen LogP contribution in [0.25, 0.3) is 0 Å². The molecule has 0 spiro atoms. The highest BCUT2D eigenvalue weighted by molar-refractivity contribution is 5.97. The van der Waals surface area contributed by atoms with Crippen molar-refractivity contribution in [3.63, 3.8) is 0 Å². The number of carbonyl (C=O) groups is 2. The standard InChI is InChI=1S/C16H20N2O2/c1-10-4-3-5-12(8-10)9-18-14(13-6-7-13)15(19)17-11(2)16(18)20/h3-5,8,11,13-14H,6-7,9H2,1-2H3,(H,17,19). The number of hydrogen-bond donors (Lipinski definition) is 1. The predicted molar refractivity (Wildman–Crippen MR) is 75.8 cm³/mol. The molecule has 2 amide bonds. The molecule has 1 aliphatic carbocycles. The minimum absolute atomic E-state index is 0.00672. The zero-order valence-electron chi connectivity index (χ0n) is 11.9. The molecular weight excluding hydrogens is 252 g/mol. The number of hydrogen-bond acceptors (Lipinski definition) is 2. The summed E-state index contributed by atoms with van der Waals surface area (Å²) in [5.74, 6) is 0.381. The molecule has 1 heterocycles. The molecule has 1 saturated heterocycles. The summed E-state index contributed by atoms with van der Waals surface area (Å²) in [6, 6.07) is 7.43. The average Bonchev–Trinajstić information content (AvgIpc) is 3.20. The van der Waals surface area contributed by atoms with Gasteiger partial charge < -0.3 is 10.2 Å². The molecule has 2 unspecified atom stereocenters. The first-order chi connectivity index (χ1) is 9.56. The fraction of sp³-hybridized carbons (Fsp3) is 0.500. The van der Waals surface area contributed by atoms with Crippen LogP contribution >= 0.6 is 0 Å². The van der Waals surface area contributed by atoms with Crippen LogP contribution in [-0.2, 0) is 16.1 Å². The summed E-state index contributed by atoms with van der Waals surface area (Å²) in [6.07, 6.45) is 2.09. The van der Waals surface area contributed by atoms with Gasteiger partial charge in [0.25, 0.3) is 0 Å². The third kappa shape index (κ3) is 2.42. The van der Waals surface area contributed by atoms with E-state index < -0.39 is 6.04 Å². The number of carbonyl (C=O) groups excluding carboxylic acids is 2. The van der Waals surface area contributed by atoms with Crippen LogP contribution in [0.2, 0.25) is 0 Å². The lowest BCUT2D eigenvalue weighted by Gasteiger charge is -2.38. The summed E-state index contributed by atoms with van der Waals surface area (Å²) >= 11 is 0. The molecule has 4 nitrogen and oxygen atoms in total. The van der Waals surface area contributed by atoms with E-state index in [9.17, 15) is 9.59 Å². The van der Waals surface area contributed by atoms with Crippen molar-refractivity contribution in [2.24, 2.45) is 5.92 Å². The van der Waals surface area contributed by atoms with Gasteiger partial charge in [0.05, 0.1) is 0 Å². The molecule has 1 N–H and O–H groups in total. The topological polar surface area (TPSA) is 49.4 Å². The number of amides is 2. The van der Waals surface area contributed by atoms with Gasteiger partial charge in [0.2, 0.25) is 11.8 Å². The van der Waals surface area contributed by atoms with Gasteiger partial charge in [-0.2, -0.15) is 0 Å². The van der Waals surface area contributed by atoms with E-state index in [-0.39, 0.29) is 17.9 Å². The van der Waals surface area contributed by atoms with E-state index >= 15 is 0 Å². The van der Waals surface area contributed by atoms with Gasteiger partial charge >= 0.3 is 0 Å². The zero-order chi connectivity index (χ0) is 14.3. The summed E-state index contributed by atoms with van der Waals surface area (Å²) in [4.78, 5) is 26.4. The van der Waals surface area contributed by atoms with Gasteiger partial charge in [-0.3, -0.25) is 9.59 Å². The smallest absolute Gasteiger partial charge is 0.245 e. The molecule has 0 aromatic heterocycles. The van der Waals surface area contributed by atoms with Gasteiger partial charge in [0, 0.05) is 6.54 Å². The van der Waals surface area contributed by atoms with E-state index in [1.807, 2.05) is 25.1 Å². The SMILES string of the molecule is Cc1cccc(CN2C(=O)C(C)NC(=O)C2C2CC2)c1. The van der Waals surface area contributed by atoms with E-state index in [1.165, 1.54) is 5.56 Å². The Kier molecular flexibility index (Phi) is 3.24. The van der Waals surface area contributed by atoms with Gasteiger partial charge in [-0.05, 0) is 38.2 Å². The molecule has 20 heavy (non-hydrogen) atoms. The summed E-state index contributed by atoms with van der Waals surface area (Å²) in [5.41, 5.74) is 2.26. The van der Waals surface area contributed by atoms with Crippen LogP contribution < -0.4 is 5.32 Å². The first kappa shape index (κ1) is 13.2. The van der Waals surface area contributed by atoms with Crippen molar-refractivity contribution in [3.8, 4) is 0 Å². The van der Waals surface area contributed by atoms with E-state index in [2.05, 4.69) is 11.4 Å². The summed E-state index contributed by atoms with van der Waals surface area (Å²) < 4.78 is 0. The fourth-order valence-electron chi connectivity index (χ4n) is 2.95. The lowest BCUT2D eigenvalue weighted by atomic mass is 10.0. The largest absolute Gasteiger partial charge is 0.343 e. The second kappa shape index (κ2) is 4.93. The monoisotopic (exact) mass is 272 g/mol. The van der Waals surface area contributed by atoms with Crippen LogP contribution in [0.1, 0.15) is 30.9 Å². The maximum atomic E-state index is 12.4. The maximum Gasteiger partial charge on any atom is 0.245 e. The minimum atomic E-state index is -0.415. The number of nitrogens with one attached hydrogen (secondary N) is 1. The molecule has 1 aromatic rings. The summed E-state index contributed by atoms with van der Waals surface area (Å²) in [5, 5.41) is 2.80. The highest BCUT2D eigenvalue weighted by Crippen LogP contribution is 2.37. The molecule has 1 aliphatic heterocycles. The van der Waals surface area contributed by atoms with E-state index in [1.54, 1.807) is 11.8 Å². The van der Waals surface area contributed by atoms with Crippen LogP contribution in [0.5, 0.6) is 0 Å². The Morgan fingerprint density at radius 1 is 1.30 bits per heavy atom. The molecule has 106 valence electrons. The molecule has 2 aliphatic rings. The Hall–Kier alpha value is -1.84. The number of benzene rings is 1. The molecule has 2 atom stereocenters. The quantitative estimate of drug-likeness (QED) is 0.909. The van der Waals surface area contributed by atoms with Crippen LogP contribution in [0, 0.1) is 12.8 Å². The third-order valence-electron chi connectivity index (χ3n) is 4.12. The van der Waals surface area contributed by atoms with Crippen molar-refractivity contribution >= 4 is 11.8 Å². The van der Waals surface area contributed by atoms with Gasteiger partial charge in [-0.25, -0.2) is 0 Å². The van der Waals surface area contributed by atoms with Gasteiger partial charge in [0.1, 0.15) is 12.1 Å². The number of aryl methyl sites for hydroxylation is 1. The van der Waals surface area contributed by atoms with Crippen molar-refractivity contribution in [1.29, 1.82) is 0 Å². The minimum Gasteiger partial charge on any atom is -0.343 e. The van der Waals surface area contributed by atoms with Crippen LogP contribution in [0.15, 0.2) is 24.3 Å². The highest BCUT2D eigenvalue weighted by atomic mass is 16.2. The van der Waals surface area contributed by atoms with E-state index in [0.29, 0.717) is 12.5 Å². The van der Waals surface area contributed by atoms with Gasteiger partial charge in [0.15, 0.2) is 0 Å². The third-order valence-corrected chi connectivity index (χ3v) is 4.12. The second-order valence-corrected chi connectivity index (χ2v) is 5.97. The Bertz CT molecular complexity index is 551. The number of piperazine rings is 1. The molecule has 1 aromatic carbocycles. The van der Waals surface area contributed by atoms with E-state index in [0.717, 1.165) is 18.4 Å². The van der Waals surface area contributed by atoms with Crippen LogP contribution in [0.3, 0.4) is 0 Å². The number of rotatable bonds is 3. The Labute approximate surface area is 119 Å².